The van der Waals surface area contributed by atoms with Crippen LogP contribution in [0.2, 0.25) is 0 Å². The van der Waals surface area contributed by atoms with E-state index in [1.165, 1.54) is 0 Å². The van der Waals surface area contributed by atoms with Gasteiger partial charge >= 0.3 is 0 Å². The van der Waals surface area contributed by atoms with Gasteiger partial charge in [0, 0.05) is 37.3 Å². The summed E-state index contributed by atoms with van der Waals surface area (Å²) in [7, 11) is 0. The highest BCUT2D eigenvalue weighted by molar-refractivity contribution is 6.07. The minimum Gasteiger partial charge on any atom is -0.482 e. The molecule has 0 fully saturated rings. The number of nitrogens with zero attached hydrogens (tertiary/aromatic N) is 2. The van der Waals surface area contributed by atoms with Crippen LogP contribution in [0, 0.1) is 13.8 Å². The molecule has 7 nitrogen and oxygen atoms in total. The molecule has 2 aliphatic heterocycles. The van der Waals surface area contributed by atoms with Gasteiger partial charge in [-0.2, -0.15) is 0 Å². The Bertz CT molecular complexity index is 1370. The van der Waals surface area contributed by atoms with Crippen LogP contribution in [0.3, 0.4) is 0 Å². The van der Waals surface area contributed by atoms with Gasteiger partial charge in [-0.1, -0.05) is 35.9 Å². The fourth-order valence-corrected chi connectivity index (χ4v) is 4.95. The van der Waals surface area contributed by atoms with Crippen LogP contribution in [0.4, 0.5) is 11.4 Å². The van der Waals surface area contributed by atoms with E-state index in [0.717, 1.165) is 40.0 Å². The maximum Gasteiger partial charge on any atom is 0.265 e. The molecule has 0 spiro atoms. The number of hydrogen-bond donors (Lipinski definition) is 1. The number of ether oxygens (including phenoxy) is 1. The fourth-order valence-electron chi connectivity index (χ4n) is 4.95. The third kappa shape index (κ3) is 5.35. The molecule has 0 atom stereocenters. The smallest absolute Gasteiger partial charge is 0.265 e. The lowest BCUT2D eigenvalue weighted by Gasteiger charge is -2.29. The minimum atomic E-state index is -0.0911. The first kappa shape index (κ1) is 24.6. The van der Waals surface area contributed by atoms with Crippen LogP contribution in [0.5, 0.6) is 5.75 Å². The summed E-state index contributed by atoms with van der Waals surface area (Å²) in [6, 6.07) is 19.4. The molecule has 0 saturated heterocycles. The minimum absolute atomic E-state index is 0.0139. The number of fused-ring (bicyclic) bond motifs is 2. The lowest BCUT2D eigenvalue weighted by Crippen LogP contribution is -2.39. The largest absolute Gasteiger partial charge is 0.482 e. The number of carbonyl (C=O) groups excluding carboxylic acids is 3. The summed E-state index contributed by atoms with van der Waals surface area (Å²) in [6.07, 6.45) is 1.68. The first-order valence-electron chi connectivity index (χ1n) is 12.7. The molecule has 0 bridgehead atoms. The number of amides is 3. The van der Waals surface area contributed by atoms with Crippen molar-refractivity contribution in [2.75, 3.05) is 29.5 Å². The van der Waals surface area contributed by atoms with E-state index in [-0.39, 0.29) is 24.3 Å². The maximum atomic E-state index is 13.0. The SMILES string of the molecule is Cc1cccc(C(=O)N2CCc3cc(CNC(=O)CCCN4C(=O)COc5ccc(C)cc54)ccc32)c1. The number of rotatable bonds is 7. The molecule has 1 N–H and O–H groups in total. The summed E-state index contributed by atoms with van der Waals surface area (Å²) in [5.41, 5.74) is 6.64. The van der Waals surface area contributed by atoms with Crippen molar-refractivity contribution in [3.05, 3.63) is 88.5 Å². The first-order chi connectivity index (χ1) is 17.9. The average molecular weight is 498 g/mol. The molecule has 0 saturated carbocycles. The highest BCUT2D eigenvalue weighted by Gasteiger charge is 2.27. The monoisotopic (exact) mass is 497 g/mol. The molecule has 7 heteroatoms. The van der Waals surface area contributed by atoms with Gasteiger partial charge in [0.15, 0.2) is 6.61 Å². The Kier molecular flexibility index (Phi) is 6.95. The quantitative estimate of drug-likeness (QED) is 0.527. The molecule has 3 amide bonds. The van der Waals surface area contributed by atoms with Crippen molar-refractivity contribution in [3.63, 3.8) is 0 Å². The molecule has 3 aromatic rings. The van der Waals surface area contributed by atoms with Gasteiger partial charge in [0.25, 0.3) is 11.8 Å². The molecule has 3 aromatic carbocycles. The Balaban J connectivity index is 1.13. The summed E-state index contributed by atoms with van der Waals surface area (Å²) in [6.45, 7) is 5.53. The Morgan fingerprint density at radius 2 is 1.81 bits per heavy atom. The highest BCUT2D eigenvalue weighted by atomic mass is 16.5. The Hall–Kier alpha value is -4.13. The molecule has 0 radical (unpaired) electrons. The molecule has 2 heterocycles. The second-order valence-corrected chi connectivity index (χ2v) is 9.72. The van der Waals surface area contributed by atoms with Crippen LogP contribution in [0.25, 0.3) is 0 Å². The number of carbonyl (C=O) groups is 3. The van der Waals surface area contributed by atoms with Gasteiger partial charge in [0.2, 0.25) is 5.91 Å². The number of anilines is 2. The lowest BCUT2D eigenvalue weighted by molar-refractivity contribution is -0.123. The molecule has 0 unspecified atom stereocenters. The van der Waals surface area contributed by atoms with Crippen molar-refractivity contribution in [2.45, 2.75) is 39.7 Å². The third-order valence-corrected chi connectivity index (χ3v) is 6.88. The lowest BCUT2D eigenvalue weighted by atomic mass is 10.1. The van der Waals surface area contributed by atoms with Crippen LogP contribution in [0.15, 0.2) is 60.7 Å². The van der Waals surface area contributed by atoms with Crippen molar-refractivity contribution in [1.29, 1.82) is 0 Å². The van der Waals surface area contributed by atoms with Crippen molar-refractivity contribution in [3.8, 4) is 5.75 Å². The summed E-state index contributed by atoms with van der Waals surface area (Å²) in [5.74, 6) is 0.568. The van der Waals surface area contributed by atoms with E-state index in [1.54, 1.807) is 4.90 Å². The molecule has 37 heavy (non-hydrogen) atoms. The maximum absolute atomic E-state index is 13.0. The predicted octanol–water partition coefficient (Wildman–Crippen LogP) is 4.33. The summed E-state index contributed by atoms with van der Waals surface area (Å²) >= 11 is 0. The van der Waals surface area contributed by atoms with Crippen molar-refractivity contribution >= 4 is 29.1 Å². The second-order valence-electron chi connectivity index (χ2n) is 9.72. The van der Waals surface area contributed by atoms with E-state index in [9.17, 15) is 14.4 Å². The van der Waals surface area contributed by atoms with Crippen LogP contribution < -0.4 is 19.9 Å². The second kappa shape index (κ2) is 10.5. The van der Waals surface area contributed by atoms with E-state index < -0.39 is 0 Å². The zero-order chi connectivity index (χ0) is 25.9. The average Bonchev–Trinajstić information content (AvgIpc) is 3.31. The van der Waals surface area contributed by atoms with Gasteiger partial charge in [0.1, 0.15) is 5.75 Å². The van der Waals surface area contributed by atoms with Gasteiger partial charge in [-0.25, -0.2) is 0 Å². The van der Waals surface area contributed by atoms with Crippen molar-refractivity contribution in [1.82, 2.24) is 5.32 Å². The first-order valence-corrected chi connectivity index (χ1v) is 12.7. The van der Waals surface area contributed by atoms with E-state index >= 15 is 0 Å². The Labute approximate surface area is 217 Å². The summed E-state index contributed by atoms with van der Waals surface area (Å²) < 4.78 is 5.52. The zero-order valence-corrected chi connectivity index (χ0v) is 21.3. The van der Waals surface area contributed by atoms with Crippen molar-refractivity contribution in [2.24, 2.45) is 0 Å². The predicted molar refractivity (Wildman–Crippen MR) is 143 cm³/mol. The number of nitrogens with one attached hydrogen (secondary N) is 1. The zero-order valence-electron chi connectivity index (χ0n) is 21.3. The highest BCUT2D eigenvalue weighted by Crippen LogP contribution is 2.33. The molecule has 0 aliphatic carbocycles. The molecular weight excluding hydrogens is 466 g/mol. The normalized spacial score (nSPS) is 14.2. The van der Waals surface area contributed by atoms with Crippen LogP contribution in [0.1, 0.15) is 45.5 Å². The van der Waals surface area contributed by atoms with Gasteiger partial charge in [-0.3, -0.25) is 14.4 Å². The molecule has 5 rings (SSSR count). The van der Waals surface area contributed by atoms with Crippen LogP contribution >= 0.6 is 0 Å². The standard InChI is InChI=1S/C30H31N3O4/c1-20-5-3-6-24(15-20)30(36)33-14-12-23-17-22(9-10-25(23)33)18-31-28(34)7-4-13-32-26-16-21(2)8-11-27(26)37-19-29(32)35/h3,5-6,8-11,15-17H,4,7,12-14,18-19H2,1-2H3,(H,31,34). The number of aryl methyl sites for hydroxylation is 2. The van der Waals surface area contributed by atoms with E-state index in [1.807, 2.05) is 73.3 Å². The number of benzene rings is 3. The molecule has 190 valence electrons. The van der Waals surface area contributed by atoms with Crippen LogP contribution in [-0.2, 0) is 22.6 Å². The van der Waals surface area contributed by atoms with Gasteiger partial charge < -0.3 is 19.9 Å². The number of hydrogen-bond acceptors (Lipinski definition) is 4. The molecular formula is C30H31N3O4. The van der Waals surface area contributed by atoms with E-state index in [0.29, 0.717) is 43.8 Å². The Morgan fingerprint density at radius 1 is 0.973 bits per heavy atom. The fraction of sp³-hybridized carbons (Fsp3) is 0.300. The molecule has 2 aliphatic rings. The topological polar surface area (TPSA) is 79.0 Å². The van der Waals surface area contributed by atoms with E-state index in [4.69, 9.17) is 4.74 Å². The molecule has 0 aromatic heterocycles. The van der Waals surface area contributed by atoms with Crippen LogP contribution in [-0.4, -0.2) is 37.4 Å². The summed E-state index contributed by atoms with van der Waals surface area (Å²) in [5, 5.41) is 2.99. The third-order valence-electron chi connectivity index (χ3n) is 6.88. The van der Waals surface area contributed by atoms with E-state index in [2.05, 4.69) is 11.4 Å². The van der Waals surface area contributed by atoms with Gasteiger partial charge in [-0.15, -0.1) is 0 Å². The van der Waals surface area contributed by atoms with Crippen molar-refractivity contribution < 1.29 is 19.1 Å². The van der Waals surface area contributed by atoms with Gasteiger partial charge in [0.05, 0.1) is 5.69 Å². The summed E-state index contributed by atoms with van der Waals surface area (Å²) in [4.78, 5) is 41.5. The Morgan fingerprint density at radius 3 is 2.65 bits per heavy atom. The van der Waals surface area contributed by atoms with Gasteiger partial charge in [-0.05, 0) is 73.7 Å².